The summed E-state index contributed by atoms with van der Waals surface area (Å²) in [7, 11) is 0. The zero-order chi connectivity index (χ0) is 23.5. The van der Waals surface area contributed by atoms with Crippen molar-refractivity contribution in [1.82, 2.24) is 14.9 Å². The molecular weight excluding hydrogens is 394 g/mol. The molecule has 4 heteroatoms. The van der Waals surface area contributed by atoms with Crippen LogP contribution in [0.3, 0.4) is 0 Å². The number of imidazole rings is 1. The number of unbranched alkanes of at least 4 members (excludes halogenated alkanes) is 2. The van der Waals surface area contributed by atoms with E-state index < -0.39 is 0 Å². The highest BCUT2D eigenvalue weighted by Gasteiger charge is 2.20. The van der Waals surface area contributed by atoms with Gasteiger partial charge in [-0.15, -0.1) is 0 Å². The van der Waals surface area contributed by atoms with Gasteiger partial charge in [-0.25, -0.2) is 4.98 Å². The first-order chi connectivity index (χ1) is 15.1. The van der Waals surface area contributed by atoms with Crippen molar-refractivity contribution >= 4 is 16.9 Å². The first-order valence-electron chi connectivity index (χ1n) is 11.9. The molecule has 3 rings (SSSR count). The molecule has 0 spiro atoms. The fraction of sp³-hybridized carbons (Fsp3) is 0.500. The highest BCUT2D eigenvalue weighted by Crippen LogP contribution is 2.26. The lowest BCUT2D eigenvalue weighted by Crippen LogP contribution is -2.35. The lowest BCUT2D eigenvalue weighted by atomic mass is 9.94. The maximum Gasteiger partial charge on any atom is 0.225 e. The molecular formula is C28H39N3O. The summed E-state index contributed by atoms with van der Waals surface area (Å²) in [6.45, 7) is 16.3. The van der Waals surface area contributed by atoms with E-state index in [2.05, 4.69) is 67.9 Å². The Balaban J connectivity index is 1.73. The monoisotopic (exact) mass is 433 g/mol. The Bertz CT molecular complexity index is 1080. The van der Waals surface area contributed by atoms with E-state index in [1.807, 2.05) is 20.8 Å². The largest absolute Gasteiger partial charge is 0.356 e. The van der Waals surface area contributed by atoms with Gasteiger partial charge in [-0.05, 0) is 80.5 Å². The number of aryl methyl sites for hydroxylation is 3. The summed E-state index contributed by atoms with van der Waals surface area (Å²) in [4.78, 5) is 17.0. The summed E-state index contributed by atoms with van der Waals surface area (Å²) >= 11 is 0. The Morgan fingerprint density at radius 1 is 0.969 bits per heavy atom. The van der Waals surface area contributed by atoms with Crippen LogP contribution in [0.15, 0.2) is 30.3 Å². The van der Waals surface area contributed by atoms with E-state index in [4.69, 9.17) is 4.98 Å². The smallest absolute Gasteiger partial charge is 0.225 e. The van der Waals surface area contributed by atoms with E-state index in [1.54, 1.807) is 0 Å². The first kappa shape index (κ1) is 24.0. The lowest BCUT2D eigenvalue weighted by Gasteiger charge is -2.18. The normalized spacial score (nSPS) is 11.8. The Hall–Kier alpha value is -2.62. The maximum atomic E-state index is 12.0. The van der Waals surface area contributed by atoms with Crippen LogP contribution >= 0.6 is 0 Å². The molecule has 172 valence electrons. The second kappa shape index (κ2) is 9.89. The zero-order valence-corrected chi connectivity index (χ0v) is 20.9. The Morgan fingerprint density at radius 3 is 2.28 bits per heavy atom. The average molecular weight is 434 g/mol. The van der Waals surface area contributed by atoms with Gasteiger partial charge in [0, 0.05) is 24.9 Å². The molecule has 0 radical (unpaired) electrons. The number of carbonyl (C=O) groups is 1. The van der Waals surface area contributed by atoms with Crippen molar-refractivity contribution in [2.24, 2.45) is 5.41 Å². The molecule has 0 aliphatic carbocycles. The van der Waals surface area contributed by atoms with Gasteiger partial charge in [0.05, 0.1) is 11.0 Å². The van der Waals surface area contributed by atoms with Crippen LogP contribution < -0.4 is 5.32 Å². The number of amides is 1. The molecule has 1 aromatic heterocycles. The van der Waals surface area contributed by atoms with Crippen molar-refractivity contribution in [2.75, 3.05) is 6.54 Å². The third-order valence-electron chi connectivity index (χ3n) is 6.62. The number of carbonyl (C=O) groups excluding carboxylic acids is 1. The molecule has 4 nitrogen and oxygen atoms in total. The zero-order valence-electron chi connectivity index (χ0n) is 20.9. The quantitative estimate of drug-likeness (QED) is 0.430. The number of benzene rings is 2. The van der Waals surface area contributed by atoms with Gasteiger partial charge in [0.1, 0.15) is 5.82 Å². The third kappa shape index (κ3) is 5.40. The predicted molar refractivity (Wildman–Crippen MR) is 134 cm³/mol. The number of fused-ring (bicyclic) bond motifs is 1. The van der Waals surface area contributed by atoms with E-state index in [0.717, 1.165) is 50.1 Å². The maximum absolute atomic E-state index is 12.0. The molecule has 1 heterocycles. The lowest BCUT2D eigenvalue weighted by molar-refractivity contribution is -0.128. The minimum Gasteiger partial charge on any atom is -0.356 e. The first-order valence-corrected chi connectivity index (χ1v) is 11.9. The summed E-state index contributed by atoms with van der Waals surface area (Å²) in [5, 5.41) is 3.05. The van der Waals surface area contributed by atoms with Crippen LogP contribution in [-0.2, 0) is 17.8 Å². The highest BCUT2D eigenvalue weighted by atomic mass is 16.2. The second-order valence-electron chi connectivity index (χ2n) is 10.2. The molecule has 2 aromatic carbocycles. The van der Waals surface area contributed by atoms with Gasteiger partial charge < -0.3 is 9.88 Å². The number of rotatable bonds is 8. The molecule has 0 saturated carbocycles. The topological polar surface area (TPSA) is 46.9 Å². The minimum atomic E-state index is -0.324. The van der Waals surface area contributed by atoms with E-state index in [9.17, 15) is 4.79 Å². The standard InChI is InChI=1S/C28H39N3O/c1-19-17-20(2)22(4)23(21(19)3)18-31-25-14-11-10-13-24(25)30-26(31)15-9-8-12-16-29-27(32)28(5,6)7/h10-11,13-14,17H,8-9,12,15-16,18H2,1-7H3,(H,29,32). The minimum absolute atomic E-state index is 0.124. The molecule has 3 aromatic rings. The predicted octanol–water partition coefficient (Wildman–Crippen LogP) is 6.19. The molecule has 0 saturated heterocycles. The third-order valence-corrected chi connectivity index (χ3v) is 6.62. The Morgan fingerprint density at radius 2 is 1.62 bits per heavy atom. The van der Waals surface area contributed by atoms with E-state index in [1.165, 1.54) is 33.3 Å². The van der Waals surface area contributed by atoms with Crippen LogP contribution in [0.2, 0.25) is 0 Å². The molecule has 1 amide bonds. The van der Waals surface area contributed by atoms with Crippen LogP contribution in [0.1, 0.15) is 73.7 Å². The SMILES string of the molecule is Cc1cc(C)c(C)c(Cn2c(CCCCCNC(=O)C(C)(C)C)nc3ccccc32)c1C. The second-order valence-corrected chi connectivity index (χ2v) is 10.2. The van der Waals surface area contributed by atoms with Crippen molar-refractivity contribution < 1.29 is 4.79 Å². The summed E-state index contributed by atoms with van der Waals surface area (Å²) in [5.74, 6) is 1.28. The Kier molecular flexibility index (Phi) is 7.43. The number of nitrogens with one attached hydrogen (secondary N) is 1. The van der Waals surface area contributed by atoms with Crippen molar-refractivity contribution in [3.05, 3.63) is 64.0 Å². The van der Waals surface area contributed by atoms with Gasteiger partial charge in [-0.3, -0.25) is 4.79 Å². The van der Waals surface area contributed by atoms with Crippen LogP contribution in [0.4, 0.5) is 0 Å². The van der Waals surface area contributed by atoms with E-state index >= 15 is 0 Å². The molecule has 0 atom stereocenters. The van der Waals surface area contributed by atoms with Gasteiger partial charge in [0.2, 0.25) is 5.91 Å². The van der Waals surface area contributed by atoms with Crippen LogP contribution in [0, 0.1) is 33.1 Å². The summed E-state index contributed by atoms with van der Waals surface area (Å²) in [6, 6.07) is 10.7. The van der Waals surface area contributed by atoms with Crippen molar-refractivity contribution in [2.45, 2.75) is 80.7 Å². The molecule has 1 N–H and O–H groups in total. The molecule has 32 heavy (non-hydrogen) atoms. The number of nitrogens with zero attached hydrogens (tertiary/aromatic N) is 2. The summed E-state index contributed by atoms with van der Waals surface area (Å²) < 4.78 is 2.41. The highest BCUT2D eigenvalue weighted by molar-refractivity contribution is 5.81. The van der Waals surface area contributed by atoms with Gasteiger partial charge in [0.25, 0.3) is 0 Å². The van der Waals surface area contributed by atoms with Crippen molar-refractivity contribution in [1.29, 1.82) is 0 Å². The molecule has 0 unspecified atom stereocenters. The number of hydrogen-bond donors (Lipinski definition) is 1. The van der Waals surface area contributed by atoms with Crippen molar-refractivity contribution in [3.63, 3.8) is 0 Å². The summed E-state index contributed by atoms with van der Waals surface area (Å²) in [6.07, 6.45) is 4.09. The van der Waals surface area contributed by atoms with E-state index in [-0.39, 0.29) is 11.3 Å². The van der Waals surface area contributed by atoms with Gasteiger partial charge in [-0.1, -0.05) is 45.4 Å². The Labute approximate surface area is 193 Å². The fourth-order valence-corrected chi connectivity index (χ4v) is 4.24. The van der Waals surface area contributed by atoms with Gasteiger partial charge >= 0.3 is 0 Å². The van der Waals surface area contributed by atoms with Crippen molar-refractivity contribution in [3.8, 4) is 0 Å². The molecule has 0 bridgehead atoms. The fourth-order valence-electron chi connectivity index (χ4n) is 4.24. The van der Waals surface area contributed by atoms with Gasteiger partial charge in [-0.2, -0.15) is 0 Å². The molecule has 0 aliphatic heterocycles. The number of hydrogen-bond acceptors (Lipinski definition) is 2. The van der Waals surface area contributed by atoms with Crippen LogP contribution in [-0.4, -0.2) is 22.0 Å². The van der Waals surface area contributed by atoms with Crippen LogP contribution in [0.25, 0.3) is 11.0 Å². The summed E-state index contributed by atoms with van der Waals surface area (Å²) in [5.41, 5.74) is 8.83. The number of aromatic nitrogens is 2. The van der Waals surface area contributed by atoms with E-state index in [0.29, 0.717) is 0 Å². The molecule has 0 fully saturated rings. The average Bonchev–Trinajstić information content (AvgIpc) is 3.08. The van der Waals surface area contributed by atoms with Crippen LogP contribution in [0.5, 0.6) is 0 Å². The van der Waals surface area contributed by atoms with Gasteiger partial charge in [0.15, 0.2) is 0 Å². The molecule has 0 aliphatic rings. The number of para-hydroxylation sites is 2.